The van der Waals surface area contributed by atoms with Crippen LogP contribution in [0.1, 0.15) is 24.5 Å². The fourth-order valence-corrected chi connectivity index (χ4v) is 3.03. The molecule has 0 aliphatic carbocycles. The zero-order valence-electron chi connectivity index (χ0n) is 9.72. The third kappa shape index (κ3) is 4.99. The SMILES string of the molecule is CCCS(=O)(=O)Cc1ccc(CC(=O)O)cc1. The molecule has 0 spiro atoms. The fourth-order valence-electron chi connectivity index (χ4n) is 1.57. The topological polar surface area (TPSA) is 71.4 Å². The molecule has 0 unspecified atom stereocenters. The van der Waals surface area contributed by atoms with Crippen LogP contribution >= 0.6 is 0 Å². The van der Waals surface area contributed by atoms with Crippen LogP contribution in [0.3, 0.4) is 0 Å². The molecule has 0 radical (unpaired) electrons. The molecule has 1 rings (SSSR count). The van der Waals surface area contributed by atoms with Gasteiger partial charge in [0.05, 0.1) is 17.9 Å². The number of sulfone groups is 1. The fraction of sp³-hybridized carbons (Fsp3) is 0.417. The van der Waals surface area contributed by atoms with Gasteiger partial charge in [-0.3, -0.25) is 4.79 Å². The maximum atomic E-state index is 11.6. The quantitative estimate of drug-likeness (QED) is 0.839. The molecule has 0 fully saturated rings. The summed E-state index contributed by atoms with van der Waals surface area (Å²) in [5.41, 5.74) is 1.38. The molecule has 0 saturated heterocycles. The summed E-state index contributed by atoms with van der Waals surface area (Å²) >= 11 is 0. The Labute approximate surface area is 101 Å². The van der Waals surface area contributed by atoms with Crippen LogP contribution in [0, 0.1) is 0 Å². The second-order valence-electron chi connectivity index (χ2n) is 3.98. The highest BCUT2D eigenvalue weighted by atomic mass is 32.2. The third-order valence-electron chi connectivity index (χ3n) is 2.28. The van der Waals surface area contributed by atoms with Crippen molar-refractivity contribution in [3.05, 3.63) is 35.4 Å². The lowest BCUT2D eigenvalue weighted by atomic mass is 10.1. The Balaban J connectivity index is 2.72. The zero-order chi connectivity index (χ0) is 12.9. The minimum Gasteiger partial charge on any atom is -0.481 e. The van der Waals surface area contributed by atoms with Crippen molar-refractivity contribution < 1.29 is 18.3 Å². The van der Waals surface area contributed by atoms with Gasteiger partial charge in [-0.1, -0.05) is 31.2 Å². The highest BCUT2D eigenvalue weighted by molar-refractivity contribution is 7.90. The molecule has 0 aromatic heterocycles. The molecule has 0 aliphatic heterocycles. The van der Waals surface area contributed by atoms with Crippen molar-refractivity contribution in [2.75, 3.05) is 5.75 Å². The van der Waals surface area contributed by atoms with Gasteiger partial charge in [-0.15, -0.1) is 0 Å². The third-order valence-corrected chi connectivity index (χ3v) is 4.08. The van der Waals surface area contributed by atoms with E-state index in [-0.39, 0.29) is 17.9 Å². The van der Waals surface area contributed by atoms with E-state index in [1.54, 1.807) is 24.3 Å². The summed E-state index contributed by atoms with van der Waals surface area (Å²) < 4.78 is 23.1. The number of carboxylic acid groups (broad SMARTS) is 1. The van der Waals surface area contributed by atoms with Crippen molar-refractivity contribution in [3.8, 4) is 0 Å². The molecule has 1 aromatic rings. The summed E-state index contributed by atoms with van der Waals surface area (Å²) in [6.07, 6.45) is 0.571. The molecule has 0 bridgehead atoms. The van der Waals surface area contributed by atoms with Crippen molar-refractivity contribution in [1.29, 1.82) is 0 Å². The van der Waals surface area contributed by atoms with Crippen molar-refractivity contribution in [2.45, 2.75) is 25.5 Å². The van der Waals surface area contributed by atoms with Crippen LogP contribution in [0.15, 0.2) is 24.3 Å². The lowest BCUT2D eigenvalue weighted by Crippen LogP contribution is -2.08. The number of hydrogen-bond acceptors (Lipinski definition) is 3. The first kappa shape index (κ1) is 13.7. The Morgan fingerprint density at radius 3 is 2.18 bits per heavy atom. The second-order valence-corrected chi connectivity index (χ2v) is 6.16. The molecule has 0 heterocycles. The Kier molecular flexibility index (Phi) is 4.69. The second kappa shape index (κ2) is 5.82. The van der Waals surface area contributed by atoms with E-state index >= 15 is 0 Å². The molecule has 17 heavy (non-hydrogen) atoms. The molecular formula is C12H16O4S. The van der Waals surface area contributed by atoms with Crippen LogP contribution in [-0.2, 0) is 26.8 Å². The number of carbonyl (C=O) groups is 1. The van der Waals surface area contributed by atoms with E-state index in [2.05, 4.69) is 0 Å². The van der Waals surface area contributed by atoms with E-state index in [0.717, 1.165) is 0 Å². The summed E-state index contributed by atoms with van der Waals surface area (Å²) in [5, 5.41) is 8.60. The van der Waals surface area contributed by atoms with Crippen molar-refractivity contribution in [3.63, 3.8) is 0 Å². The van der Waals surface area contributed by atoms with E-state index in [1.807, 2.05) is 6.92 Å². The van der Waals surface area contributed by atoms with Crippen LogP contribution < -0.4 is 0 Å². The lowest BCUT2D eigenvalue weighted by Gasteiger charge is -2.04. The summed E-state index contributed by atoms with van der Waals surface area (Å²) in [6, 6.07) is 6.66. The summed E-state index contributed by atoms with van der Waals surface area (Å²) in [5.74, 6) is -0.686. The van der Waals surface area contributed by atoms with E-state index in [9.17, 15) is 13.2 Å². The zero-order valence-corrected chi connectivity index (χ0v) is 10.5. The molecule has 4 nitrogen and oxygen atoms in total. The predicted octanol–water partition coefficient (Wildman–Crippen LogP) is 1.64. The highest BCUT2D eigenvalue weighted by Gasteiger charge is 2.10. The maximum Gasteiger partial charge on any atom is 0.307 e. The normalized spacial score (nSPS) is 11.4. The summed E-state index contributed by atoms with van der Waals surface area (Å²) in [7, 11) is -3.04. The molecular weight excluding hydrogens is 240 g/mol. The molecule has 0 saturated carbocycles. The van der Waals surface area contributed by atoms with E-state index < -0.39 is 15.8 Å². The van der Waals surface area contributed by atoms with Crippen LogP contribution in [0.5, 0.6) is 0 Å². The first-order valence-corrected chi connectivity index (χ1v) is 7.25. The minimum absolute atomic E-state index is 0.0220. The van der Waals surface area contributed by atoms with E-state index in [4.69, 9.17) is 5.11 Å². The van der Waals surface area contributed by atoms with Crippen LogP contribution in [0.2, 0.25) is 0 Å². The molecule has 0 amide bonds. The predicted molar refractivity (Wildman–Crippen MR) is 65.6 cm³/mol. The van der Waals surface area contributed by atoms with Gasteiger partial charge in [0.2, 0.25) is 0 Å². The summed E-state index contributed by atoms with van der Waals surface area (Å²) in [4.78, 5) is 10.5. The average molecular weight is 256 g/mol. The number of carboxylic acids is 1. The van der Waals surface area contributed by atoms with Crippen LogP contribution in [0.4, 0.5) is 0 Å². The molecule has 1 N–H and O–H groups in total. The number of benzene rings is 1. The minimum atomic E-state index is -3.04. The first-order valence-electron chi connectivity index (χ1n) is 5.43. The molecule has 0 aliphatic rings. The van der Waals surface area contributed by atoms with Gasteiger partial charge in [0.25, 0.3) is 0 Å². The number of rotatable bonds is 6. The highest BCUT2D eigenvalue weighted by Crippen LogP contribution is 2.10. The van der Waals surface area contributed by atoms with E-state index in [0.29, 0.717) is 17.5 Å². The first-order chi connectivity index (χ1) is 7.93. The number of aliphatic carboxylic acids is 1. The molecule has 0 atom stereocenters. The number of hydrogen-bond donors (Lipinski definition) is 1. The Morgan fingerprint density at radius 1 is 1.18 bits per heavy atom. The molecule has 5 heteroatoms. The Hall–Kier alpha value is -1.36. The van der Waals surface area contributed by atoms with Crippen molar-refractivity contribution in [2.24, 2.45) is 0 Å². The van der Waals surface area contributed by atoms with Gasteiger partial charge in [-0.05, 0) is 17.5 Å². The van der Waals surface area contributed by atoms with Gasteiger partial charge in [0.1, 0.15) is 0 Å². The largest absolute Gasteiger partial charge is 0.481 e. The monoisotopic (exact) mass is 256 g/mol. The van der Waals surface area contributed by atoms with Gasteiger partial charge in [-0.25, -0.2) is 8.42 Å². The van der Waals surface area contributed by atoms with Crippen molar-refractivity contribution in [1.82, 2.24) is 0 Å². The standard InChI is InChI=1S/C12H16O4S/c1-2-7-17(15,16)9-11-5-3-10(4-6-11)8-12(13)14/h3-6H,2,7-9H2,1H3,(H,13,14). The maximum absolute atomic E-state index is 11.6. The van der Waals surface area contributed by atoms with Gasteiger partial charge in [0, 0.05) is 0 Å². The lowest BCUT2D eigenvalue weighted by molar-refractivity contribution is -0.136. The smallest absolute Gasteiger partial charge is 0.307 e. The Morgan fingerprint density at radius 2 is 1.71 bits per heavy atom. The van der Waals surface area contributed by atoms with Gasteiger partial charge in [-0.2, -0.15) is 0 Å². The van der Waals surface area contributed by atoms with Gasteiger partial charge >= 0.3 is 5.97 Å². The Bertz CT molecular complexity index is 474. The van der Waals surface area contributed by atoms with Crippen molar-refractivity contribution >= 4 is 15.8 Å². The van der Waals surface area contributed by atoms with Crippen LogP contribution in [0.25, 0.3) is 0 Å². The summed E-state index contributed by atoms with van der Waals surface area (Å²) in [6.45, 7) is 1.83. The average Bonchev–Trinajstić information content (AvgIpc) is 2.19. The van der Waals surface area contributed by atoms with Gasteiger partial charge < -0.3 is 5.11 Å². The van der Waals surface area contributed by atoms with E-state index in [1.165, 1.54) is 0 Å². The van der Waals surface area contributed by atoms with Crippen LogP contribution in [-0.4, -0.2) is 25.2 Å². The van der Waals surface area contributed by atoms with Gasteiger partial charge in [0.15, 0.2) is 9.84 Å². The molecule has 1 aromatic carbocycles. The molecule has 94 valence electrons.